The minimum absolute atomic E-state index is 0.0621. The van der Waals surface area contributed by atoms with Gasteiger partial charge in [-0.15, -0.1) is 0 Å². The second-order valence-corrected chi connectivity index (χ2v) is 4.45. The predicted molar refractivity (Wildman–Crippen MR) is 83.1 cm³/mol. The van der Waals surface area contributed by atoms with Crippen LogP contribution in [-0.4, -0.2) is 37.1 Å². The fourth-order valence-electron chi connectivity index (χ4n) is 1.81. The number of hydrogen-bond donors (Lipinski definition) is 1. The molecule has 1 aromatic rings. The molecule has 0 fully saturated rings. The van der Waals surface area contributed by atoms with Crippen LogP contribution >= 0.6 is 0 Å². The van der Waals surface area contributed by atoms with E-state index in [1.54, 1.807) is 26.0 Å². The highest BCUT2D eigenvalue weighted by molar-refractivity contribution is 6.06. The first-order valence-corrected chi connectivity index (χ1v) is 7.20. The van der Waals surface area contributed by atoms with E-state index < -0.39 is 17.5 Å². The Labute approximate surface area is 135 Å². The Kier molecular flexibility index (Phi) is 7.34. The van der Waals surface area contributed by atoms with Crippen LogP contribution in [0.25, 0.3) is 0 Å². The number of ether oxygens (including phenoxy) is 2. The molecule has 0 aliphatic heterocycles. The first-order valence-electron chi connectivity index (χ1n) is 7.20. The molecule has 6 heteroatoms. The molecule has 0 unspecified atom stereocenters. The van der Waals surface area contributed by atoms with E-state index in [0.29, 0.717) is 0 Å². The summed E-state index contributed by atoms with van der Waals surface area (Å²) in [6.45, 7) is 3.33. The van der Waals surface area contributed by atoms with E-state index in [4.69, 9.17) is 9.47 Å². The summed E-state index contributed by atoms with van der Waals surface area (Å²) in [4.78, 5) is 35.3. The number of carbonyl (C=O) groups is 3. The molecule has 1 rings (SSSR count). The molecule has 0 atom stereocenters. The zero-order valence-electron chi connectivity index (χ0n) is 13.1. The lowest BCUT2D eigenvalue weighted by molar-refractivity contribution is -0.166. The van der Waals surface area contributed by atoms with Crippen molar-refractivity contribution >= 4 is 18.3 Å². The van der Waals surface area contributed by atoms with E-state index in [9.17, 15) is 14.4 Å². The zero-order chi connectivity index (χ0) is 17.1. The van der Waals surface area contributed by atoms with Gasteiger partial charge < -0.3 is 14.8 Å². The van der Waals surface area contributed by atoms with Gasteiger partial charge in [-0.2, -0.15) is 0 Å². The number of rotatable bonds is 7. The second kappa shape index (κ2) is 9.26. The van der Waals surface area contributed by atoms with Crippen molar-refractivity contribution < 1.29 is 23.9 Å². The largest absolute Gasteiger partial charge is 0.464 e. The van der Waals surface area contributed by atoms with Crippen LogP contribution in [0.4, 0.5) is 0 Å². The predicted octanol–water partition coefficient (Wildman–Crippen LogP) is 1.04. The summed E-state index contributed by atoms with van der Waals surface area (Å²) < 4.78 is 9.80. The minimum atomic E-state index is -1.96. The van der Waals surface area contributed by atoms with Crippen molar-refractivity contribution in [3.63, 3.8) is 0 Å². The van der Waals surface area contributed by atoms with Crippen LogP contribution in [0.15, 0.2) is 30.3 Å². The normalized spacial score (nSPS) is 10.0. The number of amides is 1. The summed E-state index contributed by atoms with van der Waals surface area (Å²) in [5, 5.41) is 2.22. The maximum absolute atomic E-state index is 12.2. The number of nitrogens with one attached hydrogen (secondary N) is 1. The first-order chi connectivity index (χ1) is 11.1. The SMILES string of the molecule is CCOC(=O)C(CC#Cc1ccccc1)(NC=O)C(=O)OCC. The Morgan fingerprint density at radius 1 is 1.13 bits per heavy atom. The van der Waals surface area contributed by atoms with Crippen LogP contribution in [0.1, 0.15) is 25.8 Å². The molecular formula is C17H19NO5. The molecule has 0 saturated heterocycles. The highest BCUT2D eigenvalue weighted by Crippen LogP contribution is 2.15. The van der Waals surface area contributed by atoms with Crippen molar-refractivity contribution in [3.8, 4) is 11.8 Å². The van der Waals surface area contributed by atoms with Gasteiger partial charge in [0, 0.05) is 5.56 Å². The lowest BCUT2D eigenvalue weighted by Crippen LogP contribution is -2.59. The lowest BCUT2D eigenvalue weighted by atomic mass is 9.95. The Balaban J connectivity index is 3.10. The highest BCUT2D eigenvalue weighted by atomic mass is 16.6. The molecule has 23 heavy (non-hydrogen) atoms. The number of esters is 2. The third-order valence-electron chi connectivity index (χ3n) is 2.91. The van der Waals surface area contributed by atoms with Gasteiger partial charge in [-0.3, -0.25) is 4.79 Å². The van der Waals surface area contributed by atoms with Gasteiger partial charge in [0.15, 0.2) is 0 Å². The molecule has 1 N–H and O–H groups in total. The van der Waals surface area contributed by atoms with Crippen LogP contribution in [0.2, 0.25) is 0 Å². The molecule has 0 aliphatic rings. The molecule has 6 nitrogen and oxygen atoms in total. The Bertz CT molecular complexity index is 582. The zero-order valence-corrected chi connectivity index (χ0v) is 13.1. The Morgan fingerprint density at radius 3 is 2.17 bits per heavy atom. The van der Waals surface area contributed by atoms with Gasteiger partial charge in [0.25, 0.3) is 0 Å². The molecule has 1 amide bonds. The summed E-state index contributed by atoms with van der Waals surface area (Å²) in [5.74, 6) is 3.77. The van der Waals surface area contributed by atoms with Gasteiger partial charge in [0.1, 0.15) is 0 Å². The standard InChI is InChI=1S/C17H19NO5/c1-3-22-15(20)17(18-13-19,16(21)23-4-2)12-8-11-14-9-6-5-7-10-14/h5-7,9-10,13H,3-4,12H2,1-2H3,(H,18,19). The summed E-state index contributed by atoms with van der Waals surface area (Å²) in [7, 11) is 0. The maximum Gasteiger partial charge on any atom is 0.344 e. The van der Waals surface area contributed by atoms with Gasteiger partial charge in [-0.25, -0.2) is 9.59 Å². The van der Waals surface area contributed by atoms with Crippen LogP contribution in [0.3, 0.4) is 0 Å². The van der Waals surface area contributed by atoms with E-state index in [1.165, 1.54) is 0 Å². The summed E-state index contributed by atoms with van der Waals surface area (Å²) >= 11 is 0. The minimum Gasteiger partial charge on any atom is -0.464 e. The van der Waals surface area contributed by atoms with E-state index in [2.05, 4.69) is 17.2 Å². The summed E-state index contributed by atoms with van der Waals surface area (Å²) in [6, 6.07) is 9.06. The van der Waals surface area contributed by atoms with E-state index in [0.717, 1.165) is 5.56 Å². The van der Waals surface area contributed by atoms with E-state index in [1.807, 2.05) is 18.2 Å². The molecule has 0 aliphatic carbocycles. The van der Waals surface area contributed by atoms with E-state index in [-0.39, 0.29) is 26.0 Å². The Hall–Kier alpha value is -2.81. The van der Waals surface area contributed by atoms with E-state index >= 15 is 0 Å². The molecule has 0 saturated carbocycles. The molecule has 0 aromatic heterocycles. The molecule has 122 valence electrons. The van der Waals surface area contributed by atoms with Gasteiger partial charge >= 0.3 is 11.9 Å². The molecule has 1 aromatic carbocycles. The third kappa shape index (κ3) is 4.85. The highest BCUT2D eigenvalue weighted by Gasteiger charge is 2.48. The van der Waals surface area contributed by atoms with Crippen molar-refractivity contribution in [2.24, 2.45) is 0 Å². The molecular weight excluding hydrogens is 298 g/mol. The first kappa shape index (κ1) is 18.2. The Morgan fingerprint density at radius 2 is 1.70 bits per heavy atom. The molecule has 0 heterocycles. The fourth-order valence-corrected chi connectivity index (χ4v) is 1.81. The molecule has 0 spiro atoms. The smallest absolute Gasteiger partial charge is 0.344 e. The van der Waals surface area contributed by atoms with Crippen LogP contribution in [-0.2, 0) is 23.9 Å². The van der Waals surface area contributed by atoms with Crippen molar-refractivity contribution in [1.82, 2.24) is 5.32 Å². The van der Waals surface area contributed by atoms with Crippen molar-refractivity contribution in [1.29, 1.82) is 0 Å². The van der Waals surface area contributed by atoms with Gasteiger partial charge in [-0.05, 0) is 26.0 Å². The quantitative estimate of drug-likeness (QED) is 0.352. The number of carbonyl (C=O) groups excluding carboxylic acids is 3. The van der Waals surface area contributed by atoms with Gasteiger partial charge in [0.05, 0.1) is 19.6 Å². The van der Waals surface area contributed by atoms with Gasteiger partial charge in [-0.1, -0.05) is 30.0 Å². The average Bonchev–Trinajstić information content (AvgIpc) is 2.55. The lowest BCUT2D eigenvalue weighted by Gasteiger charge is -2.26. The second-order valence-electron chi connectivity index (χ2n) is 4.45. The summed E-state index contributed by atoms with van der Waals surface area (Å²) in [5.41, 5.74) is -1.24. The van der Waals surface area contributed by atoms with Crippen LogP contribution < -0.4 is 5.32 Å². The molecule has 0 bridgehead atoms. The molecule has 0 radical (unpaired) electrons. The monoisotopic (exact) mass is 317 g/mol. The van der Waals surface area contributed by atoms with Crippen LogP contribution in [0, 0.1) is 11.8 Å². The van der Waals surface area contributed by atoms with Crippen molar-refractivity contribution in [2.45, 2.75) is 25.8 Å². The van der Waals surface area contributed by atoms with Gasteiger partial charge in [0.2, 0.25) is 11.9 Å². The maximum atomic E-state index is 12.2. The van der Waals surface area contributed by atoms with Crippen LogP contribution in [0.5, 0.6) is 0 Å². The van der Waals surface area contributed by atoms with Crippen molar-refractivity contribution in [3.05, 3.63) is 35.9 Å². The average molecular weight is 317 g/mol. The number of benzene rings is 1. The number of hydrogen-bond acceptors (Lipinski definition) is 5. The van der Waals surface area contributed by atoms with Crippen molar-refractivity contribution in [2.75, 3.05) is 13.2 Å². The fraction of sp³-hybridized carbons (Fsp3) is 0.353. The summed E-state index contributed by atoms with van der Waals surface area (Å²) in [6.07, 6.45) is 0.0103. The third-order valence-corrected chi connectivity index (χ3v) is 2.91. The topological polar surface area (TPSA) is 81.7 Å².